The van der Waals surface area contributed by atoms with Gasteiger partial charge in [-0.1, -0.05) is 0 Å². The summed E-state index contributed by atoms with van der Waals surface area (Å²) in [5, 5.41) is 15.0. The largest absolute Gasteiger partial charge is 0.507 e. The summed E-state index contributed by atoms with van der Waals surface area (Å²) >= 11 is 3.14. The number of aromatic hydroxyl groups is 1. The van der Waals surface area contributed by atoms with E-state index < -0.39 is 0 Å². The van der Waals surface area contributed by atoms with Crippen LogP contribution in [-0.4, -0.2) is 29.5 Å². The number of benzene rings is 1. The van der Waals surface area contributed by atoms with Crippen LogP contribution in [0.15, 0.2) is 22.7 Å². The van der Waals surface area contributed by atoms with E-state index in [0.717, 1.165) is 12.8 Å². The quantitative estimate of drug-likeness (QED) is 0.768. The first-order chi connectivity index (χ1) is 9.06. The fourth-order valence-electron chi connectivity index (χ4n) is 1.57. The van der Waals surface area contributed by atoms with Crippen molar-refractivity contribution in [1.29, 1.82) is 0 Å². The van der Waals surface area contributed by atoms with Crippen LogP contribution >= 0.6 is 15.9 Å². The van der Waals surface area contributed by atoms with Gasteiger partial charge in [-0.25, -0.2) is 0 Å². The molecule has 0 heterocycles. The molecule has 2 rings (SSSR count). The van der Waals surface area contributed by atoms with E-state index in [-0.39, 0.29) is 30.5 Å². The van der Waals surface area contributed by atoms with Gasteiger partial charge in [0.05, 0.1) is 4.47 Å². The molecule has 1 fully saturated rings. The highest BCUT2D eigenvalue weighted by Crippen LogP contribution is 2.24. The normalized spacial score (nSPS) is 13.9. The molecule has 19 heavy (non-hydrogen) atoms. The third-order valence-corrected chi connectivity index (χ3v) is 3.46. The average Bonchev–Trinajstić information content (AvgIpc) is 3.16. The fourth-order valence-corrected chi connectivity index (χ4v) is 1.82. The Bertz CT molecular complexity index is 501. The molecule has 0 saturated heterocycles. The summed E-state index contributed by atoms with van der Waals surface area (Å²) in [6.07, 6.45) is 2.37. The second-order valence-electron chi connectivity index (χ2n) is 4.51. The van der Waals surface area contributed by atoms with E-state index in [1.165, 1.54) is 6.07 Å². The van der Waals surface area contributed by atoms with Crippen LogP contribution in [0, 0.1) is 0 Å². The second-order valence-corrected chi connectivity index (χ2v) is 5.37. The molecule has 102 valence electrons. The second kappa shape index (κ2) is 6.06. The van der Waals surface area contributed by atoms with E-state index in [2.05, 4.69) is 26.6 Å². The third kappa shape index (κ3) is 4.24. The van der Waals surface area contributed by atoms with Crippen LogP contribution in [0.5, 0.6) is 5.75 Å². The molecule has 5 nitrogen and oxygen atoms in total. The summed E-state index contributed by atoms with van der Waals surface area (Å²) < 4.78 is 0.535. The number of carbonyl (C=O) groups excluding carboxylic acids is 2. The van der Waals surface area contributed by atoms with Gasteiger partial charge in [-0.05, 0) is 47.0 Å². The number of hydrogen-bond acceptors (Lipinski definition) is 3. The van der Waals surface area contributed by atoms with Crippen molar-refractivity contribution in [2.75, 3.05) is 6.54 Å². The van der Waals surface area contributed by atoms with Gasteiger partial charge in [-0.3, -0.25) is 9.59 Å². The fraction of sp³-hybridized carbons (Fsp3) is 0.385. The van der Waals surface area contributed by atoms with Gasteiger partial charge in [0.1, 0.15) is 5.75 Å². The Balaban J connectivity index is 1.76. The highest BCUT2D eigenvalue weighted by molar-refractivity contribution is 9.10. The predicted octanol–water partition coefficient (Wildman–Crippen LogP) is 1.55. The van der Waals surface area contributed by atoms with Gasteiger partial charge < -0.3 is 15.7 Å². The minimum absolute atomic E-state index is 0.0131. The van der Waals surface area contributed by atoms with Gasteiger partial charge in [0.2, 0.25) is 5.91 Å². The standard InChI is InChI=1S/C13H15BrN2O3/c14-10-4-1-8(7-11(10)17)13(19)15-6-5-12(18)16-9-2-3-9/h1,4,7,9,17H,2-3,5-6H2,(H,15,19)(H,16,18). The summed E-state index contributed by atoms with van der Waals surface area (Å²) in [6, 6.07) is 4.92. The minimum Gasteiger partial charge on any atom is -0.507 e. The highest BCUT2D eigenvalue weighted by Gasteiger charge is 2.22. The zero-order valence-corrected chi connectivity index (χ0v) is 11.9. The number of phenols is 1. The molecule has 0 aromatic heterocycles. The monoisotopic (exact) mass is 326 g/mol. The Hall–Kier alpha value is -1.56. The number of halogens is 1. The first kappa shape index (κ1) is 13.9. The van der Waals surface area contributed by atoms with E-state index in [0.29, 0.717) is 16.1 Å². The van der Waals surface area contributed by atoms with E-state index in [9.17, 15) is 14.7 Å². The summed E-state index contributed by atoms with van der Waals surface area (Å²) in [4.78, 5) is 23.2. The van der Waals surface area contributed by atoms with E-state index in [1.807, 2.05) is 0 Å². The van der Waals surface area contributed by atoms with Crippen LogP contribution in [0.1, 0.15) is 29.6 Å². The molecule has 1 aromatic carbocycles. The van der Waals surface area contributed by atoms with Crippen molar-refractivity contribution in [2.45, 2.75) is 25.3 Å². The van der Waals surface area contributed by atoms with Crippen LogP contribution in [0.3, 0.4) is 0 Å². The molecule has 1 saturated carbocycles. The predicted molar refractivity (Wildman–Crippen MR) is 73.9 cm³/mol. The number of hydrogen-bond donors (Lipinski definition) is 3. The van der Waals surface area contributed by atoms with Crippen LogP contribution < -0.4 is 10.6 Å². The van der Waals surface area contributed by atoms with Crippen LogP contribution in [-0.2, 0) is 4.79 Å². The van der Waals surface area contributed by atoms with Crippen molar-refractivity contribution >= 4 is 27.7 Å². The Labute approximate surface area is 119 Å². The van der Waals surface area contributed by atoms with Crippen molar-refractivity contribution in [3.05, 3.63) is 28.2 Å². The van der Waals surface area contributed by atoms with Crippen molar-refractivity contribution in [3.8, 4) is 5.75 Å². The van der Waals surface area contributed by atoms with Crippen molar-refractivity contribution in [3.63, 3.8) is 0 Å². The Morgan fingerprint density at radius 3 is 2.74 bits per heavy atom. The van der Waals surface area contributed by atoms with E-state index in [4.69, 9.17) is 0 Å². The smallest absolute Gasteiger partial charge is 0.251 e. The lowest BCUT2D eigenvalue weighted by molar-refractivity contribution is -0.121. The zero-order valence-electron chi connectivity index (χ0n) is 10.3. The number of rotatable bonds is 5. The first-order valence-corrected chi connectivity index (χ1v) is 6.91. The number of phenolic OH excluding ortho intramolecular Hbond substituents is 1. The molecule has 0 unspecified atom stereocenters. The van der Waals surface area contributed by atoms with Crippen LogP contribution in [0.4, 0.5) is 0 Å². The molecule has 0 atom stereocenters. The van der Waals surface area contributed by atoms with Gasteiger partial charge in [0.15, 0.2) is 0 Å². The average molecular weight is 327 g/mol. The SMILES string of the molecule is O=C(CCNC(=O)c1ccc(Br)c(O)c1)NC1CC1. The zero-order chi connectivity index (χ0) is 13.8. The molecule has 0 spiro atoms. The number of carbonyl (C=O) groups is 2. The van der Waals surface area contributed by atoms with Gasteiger partial charge in [-0.2, -0.15) is 0 Å². The van der Waals surface area contributed by atoms with Crippen molar-refractivity contribution < 1.29 is 14.7 Å². The maximum atomic E-state index is 11.8. The summed E-state index contributed by atoms with van der Waals surface area (Å²) in [7, 11) is 0. The lowest BCUT2D eigenvalue weighted by atomic mass is 10.2. The van der Waals surface area contributed by atoms with Crippen molar-refractivity contribution in [1.82, 2.24) is 10.6 Å². The molecule has 3 N–H and O–H groups in total. The summed E-state index contributed by atoms with van der Waals surface area (Å²) in [5.41, 5.74) is 0.364. The number of nitrogens with one attached hydrogen (secondary N) is 2. The van der Waals surface area contributed by atoms with Gasteiger partial charge in [0, 0.05) is 24.6 Å². The molecule has 2 amide bonds. The molecule has 0 radical (unpaired) electrons. The number of amides is 2. The molecule has 1 aromatic rings. The van der Waals surface area contributed by atoms with Crippen LogP contribution in [0.25, 0.3) is 0 Å². The third-order valence-electron chi connectivity index (χ3n) is 2.79. The van der Waals surface area contributed by atoms with Crippen molar-refractivity contribution in [2.24, 2.45) is 0 Å². The first-order valence-electron chi connectivity index (χ1n) is 6.12. The van der Waals surface area contributed by atoms with E-state index in [1.54, 1.807) is 12.1 Å². The molecular weight excluding hydrogens is 312 g/mol. The Morgan fingerprint density at radius 1 is 1.37 bits per heavy atom. The minimum atomic E-state index is -0.304. The maximum Gasteiger partial charge on any atom is 0.251 e. The molecule has 0 aliphatic heterocycles. The molecule has 6 heteroatoms. The molecule has 0 bridgehead atoms. The summed E-state index contributed by atoms with van der Waals surface area (Å²) in [5.74, 6) is -0.331. The molecular formula is C13H15BrN2O3. The van der Waals surface area contributed by atoms with Crippen LogP contribution in [0.2, 0.25) is 0 Å². The van der Waals surface area contributed by atoms with Gasteiger partial charge >= 0.3 is 0 Å². The van der Waals surface area contributed by atoms with E-state index >= 15 is 0 Å². The lowest BCUT2D eigenvalue weighted by Crippen LogP contribution is -2.31. The highest BCUT2D eigenvalue weighted by atomic mass is 79.9. The maximum absolute atomic E-state index is 11.8. The lowest BCUT2D eigenvalue weighted by Gasteiger charge is -2.06. The van der Waals surface area contributed by atoms with Gasteiger partial charge in [-0.15, -0.1) is 0 Å². The molecule has 1 aliphatic rings. The Morgan fingerprint density at radius 2 is 2.11 bits per heavy atom. The molecule has 1 aliphatic carbocycles. The van der Waals surface area contributed by atoms with Gasteiger partial charge in [0.25, 0.3) is 5.91 Å². The Kier molecular flexibility index (Phi) is 4.42. The topological polar surface area (TPSA) is 78.4 Å². The summed E-state index contributed by atoms with van der Waals surface area (Å²) in [6.45, 7) is 0.286.